The number of aliphatic carboxylic acids is 1. The average molecular weight is 354 g/mol. The van der Waals surface area contributed by atoms with Crippen molar-refractivity contribution < 1.29 is 33.8 Å². The number of H-pyrrole nitrogens is 1. The van der Waals surface area contributed by atoms with Gasteiger partial charge in [-0.1, -0.05) is 18.2 Å². The Morgan fingerprint density at radius 3 is 2.12 bits per heavy atom. The number of methoxy groups -OCH3 is 3. The SMILES string of the molecule is CON(OC)[C@](OC)(C(=O)O)C(OC)(OC)c1c[nH]c2ccccc12. The maximum Gasteiger partial charge on any atom is 0.362 e. The van der Waals surface area contributed by atoms with Crippen molar-refractivity contribution in [2.45, 2.75) is 11.5 Å². The second-order valence-electron chi connectivity index (χ2n) is 5.05. The molecule has 0 aliphatic heterocycles. The molecule has 9 heteroatoms. The molecule has 0 spiro atoms. The molecule has 25 heavy (non-hydrogen) atoms. The lowest BCUT2D eigenvalue weighted by atomic mass is 9.93. The summed E-state index contributed by atoms with van der Waals surface area (Å²) in [5.41, 5.74) is -1.14. The van der Waals surface area contributed by atoms with Gasteiger partial charge in [-0.05, 0) is 11.3 Å². The number of benzene rings is 1. The monoisotopic (exact) mass is 354 g/mol. The fourth-order valence-electron chi connectivity index (χ4n) is 3.07. The molecule has 0 aliphatic carbocycles. The van der Waals surface area contributed by atoms with Crippen molar-refractivity contribution >= 4 is 16.9 Å². The van der Waals surface area contributed by atoms with Gasteiger partial charge in [0, 0.05) is 44.0 Å². The lowest BCUT2D eigenvalue weighted by Crippen LogP contribution is -2.69. The van der Waals surface area contributed by atoms with Gasteiger partial charge in [0.05, 0.1) is 14.2 Å². The van der Waals surface area contributed by atoms with E-state index < -0.39 is 17.5 Å². The molecule has 2 aromatic rings. The molecule has 138 valence electrons. The lowest BCUT2D eigenvalue weighted by molar-refractivity contribution is -0.488. The molecule has 2 rings (SSSR count). The molecule has 0 aliphatic rings. The van der Waals surface area contributed by atoms with Crippen LogP contribution in [0.3, 0.4) is 0 Å². The molecule has 1 aromatic carbocycles. The van der Waals surface area contributed by atoms with Crippen molar-refractivity contribution in [1.29, 1.82) is 0 Å². The molecular weight excluding hydrogens is 332 g/mol. The minimum absolute atomic E-state index is 0.399. The van der Waals surface area contributed by atoms with Crippen molar-refractivity contribution in [2.75, 3.05) is 35.5 Å². The van der Waals surface area contributed by atoms with Gasteiger partial charge < -0.3 is 24.3 Å². The number of ether oxygens (including phenoxy) is 3. The van der Waals surface area contributed by atoms with Crippen LogP contribution in [0.2, 0.25) is 0 Å². The highest BCUT2D eigenvalue weighted by atomic mass is 17.0. The standard InChI is InChI=1S/C16H22N2O7/c1-21-15(14(19)20,18(24-4)25-5)16(22-2,23-3)12-10-17-13-9-7-6-8-11(12)13/h6-10,17H,1-5H3,(H,19,20)/t15-/m0/s1. The van der Waals surface area contributed by atoms with Crippen molar-refractivity contribution in [3.05, 3.63) is 36.0 Å². The van der Waals surface area contributed by atoms with E-state index >= 15 is 0 Å². The Bertz CT molecular complexity index is 724. The summed E-state index contributed by atoms with van der Waals surface area (Å²) in [6.07, 6.45) is 1.60. The van der Waals surface area contributed by atoms with Gasteiger partial charge in [0.15, 0.2) is 0 Å². The van der Waals surface area contributed by atoms with Crippen LogP contribution in [0.5, 0.6) is 0 Å². The lowest BCUT2D eigenvalue weighted by Gasteiger charge is -2.46. The van der Waals surface area contributed by atoms with Crippen LogP contribution in [0, 0.1) is 0 Å². The molecule has 9 nitrogen and oxygen atoms in total. The third-order valence-corrected chi connectivity index (χ3v) is 4.14. The number of para-hydroxylation sites is 1. The van der Waals surface area contributed by atoms with Crippen molar-refractivity contribution in [3.63, 3.8) is 0 Å². The first-order valence-corrected chi connectivity index (χ1v) is 7.32. The number of aromatic amines is 1. The molecule has 0 unspecified atom stereocenters. The summed E-state index contributed by atoms with van der Waals surface area (Å²) >= 11 is 0. The fourth-order valence-corrected chi connectivity index (χ4v) is 3.07. The van der Waals surface area contributed by atoms with Crippen LogP contribution in [-0.2, 0) is 34.5 Å². The summed E-state index contributed by atoms with van der Waals surface area (Å²) in [4.78, 5) is 25.5. The number of hydrogen-bond donors (Lipinski definition) is 2. The van der Waals surface area contributed by atoms with Crippen LogP contribution in [-0.4, -0.2) is 62.6 Å². The van der Waals surface area contributed by atoms with E-state index in [1.165, 1.54) is 35.5 Å². The van der Waals surface area contributed by atoms with Gasteiger partial charge >= 0.3 is 11.7 Å². The molecule has 0 bridgehead atoms. The van der Waals surface area contributed by atoms with Gasteiger partial charge in [0.2, 0.25) is 0 Å². The van der Waals surface area contributed by atoms with Gasteiger partial charge in [-0.3, -0.25) is 9.68 Å². The fraction of sp³-hybridized carbons (Fsp3) is 0.438. The smallest absolute Gasteiger partial charge is 0.362 e. The van der Waals surface area contributed by atoms with Crippen LogP contribution in [0.1, 0.15) is 5.56 Å². The van der Waals surface area contributed by atoms with E-state index in [0.29, 0.717) is 16.2 Å². The largest absolute Gasteiger partial charge is 0.478 e. The molecule has 0 amide bonds. The molecule has 1 aromatic heterocycles. The predicted molar refractivity (Wildman–Crippen MR) is 87.2 cm³/mol. The number of hydrogen-bond acceptors (Lipinski definition) is 7. The van der Waals surface area contributed by atoms with Crippen molar-refractivity contribution in [3.8, 4) is 0 Å². The molecule has 2 N–H and O–H groups in total. The summed E-state index contributed by atoms with van der Waals surface area (Å²) in [6, 6.07) is 7.31. The van der Waals surface area contributed by atoms with E-state index in [0.717, 1.165) is 5.52 Å². The van der Waals surface area contributed by atoms with Crippen LogP contribution in [0.25, 0.3) is 10.9 Å². The number of aromatic nitrogens is 1. The number of rotatable bonds is 9. The number of carbonyl (C=O) groups is 1. The maximum absolute atomic E-state index is 12.3. The van der Waals surface area contributed by atoms with Crippen LogP contribution in [0.4, 0.5) is 0 Å². The summed E-state index contributed by atoms with van der Waals surface area (Å²) in [6.45, 7) is 0. The normalized spacial score (nSPS) is 14.8. The maximum atomic E-state index is 12.3. The van der Waals surface area contributed by atoms with E-state index in [2.05, 4.69) is 4.98 Å². The van der Waals surface area contributed by atoms with Gasteiger partial charge in [0.25, 0.3) is 5.79 Å². The summed E-state index contributed by atoms with van der Waals surface area (Å²) in [7, 11) is 6.30. The van der Waals surface area contributed by atoms with E-state index in [4.69, 9.17) is 23.9 Å². The zero-order chi connectivity index (χ0) is 18.7. The molecule has 1 heterocycles. The van der Waals surface area contributed by atoms with Crippen LogP contribution < -0.4 is 0 Å². The molecular formula is C16H22N2O7. The first kappa shape index (κ1) is 19.3. The van der Waals surface area contributed by atoms with Gasteiger partial charge in [-0.15, -0.1) is 0 Å². The van der Waals surface area contributed by atoms with Gasteiger partial charge in [-0.2, -0.15) is 0 Å². The quantitative estimate of drug-likeness (QED) is 0.515. The van der Waals surface area contributed by atoms with Crippen molar-refractivity contribution in [1.82, 2.24) is 10.2 Å². The Hall–Kier alpha value is -2.01. The first-order valence-electron chi connectivity index (χ1n) is 7.32. The third-order valence-electron chi connectivity index (χ3n) is 4.14. The molecule has 0 fully saturated rings. The summed E-state index contributed by atoms with van der Waals surface area (Å²) in [5.74, 6) is -3.37. The summed E-state index contributed by atoms with van der Waals surface area (Å²) in [5, 5.41) is 11.4. The number of nitrogens with one attached hydrogen (secondary N) is 1. The van der Waals surface area contributed by atoms with Crippen molar-refractivity contribution in [2.24, 2.45) is 0 Å². The van der Waals surface area contributed by atoms with E-state index in [1.54, 1.807) is 12.3 Å². The predicted octanol–water partition coefficient (Wildman–Crippen LogP) is 1.47. The molecule has 1 atom stereocenters. The Labute approximate surface area is 144 Å². The third kappa shape index (κ3) is 2.61. The van der Waals surface area contributed by atoms with Crippen LogP contribution >= 0.6 is 0 Å². The second kappa shape index (κ2) is 7.48. The van der Waals surface area contributed by atoms with Crippen LogP contribution in [0.15, 0.2) is 30.5 Å². The number of fused-ring (bicyclic) bond motifs is 1. The Morgan fingerprint density at radius 2 is 1.64 bits per heavy atom. The second-order valence-corrected chi connectivity index (χ2v) is 5.05. The average Bonchev–Trinajstić information content (AvgIpc) is 3.06. The van der Waals surface area contributed by atoms with E-state index in [-0.39, 0.29) is 0 Å². The van der Waals surface area contributed by atoms with E-state index in [9.17, 15) is 9.90 Å². The zero-order valence-electron chi connectivity index (χ0n) is 14.7. The summed E-state index contributed by atoms with van der Waals surface area (Å²) < 4.78 is 16.6. The minimum Gasteiger partial charge on any atom is -0.478 e. The number of hydroxylamine groups is 2. The first-order chi connectivity index (χ1) is 12.0. The van der Waals surface area contributed by atoms with E-state index in [1.807, 2.05) is 18.2 Å². The highest BCUT2D eigenvalue weighted by Gasteiger charge is 2.67. The molecule has 0 saturated heterocycles. The Morgan fingerprint density at radius 1 is 1.04 bits per heavy atom. The number of carboxylic acids is 1. The topological polar surface area (TPSA) is 102 Å². The minimum atomic E-state index is -2.31. The Kier molecular flexibility index (Phi) is 5.78. The number of nitrogens with zero attached hydrogens (tertiary/aromatic N) is 1. The molecule has 0 radical (unpaired) electrons. The zero-order valence-corrected chi connectivity index (χ0v) is 14.7. The van der Waals surface area contributed by atoms with Gasteiger partial charge in [0.1, 0.15) is 0 Å². The highest BCUT2D eigenvalue weighted by molar-refractivity contribution is 5.86. The molecule has 0 saturated carbocycles. The van der Waals surface area contributed by atoms with Gasteiger partial charge in [-0.25, -0.2) is 4.79 Å². The Balaban J connectivity index is 2.85. The highest BCUT2D eigenvalue weighted by Crippen LogP contribution is 2.45. The number of carboxylic acid groups (broad SMARTS) is 1.